The molecule has 0 saturated heterocycles. The average molecular weight is 152 g/mol. The van der Waals surface area contributed by atoms with Gasteiger partial charge in [-0.25, -0.2) is 4.39 Å². The van der Waals surface area contributed by atoms with E-state index < -0.39 is 5.83 Å². The maximum Gasteiger partial charge on any atom is 0.123 e. The highest BCUT2D eigenvalue weighted by Gasteiger charge is 1.95. The first kappa shape index (κ1) is 7.79. The van der Waals surface area contributed by atoms with Gasteiger partial charge in [-0.2, -0.15) is 0 Å². The highest BCUT2D eigenvalue weighted by Crippen LogP contribution is 2.17. The lowest BCUT2D eigenvalue weighted by Crippen LogP contribution is -1.82. The Bertz CT molecular complexity index is 251. The van der Waals surface area contributed by atoms with Gasteiger partial charge in [-0.3, -0.25) is 0 Å². The van der Waals surface area contributed by atoms with E-state index in [-0.39, 0.29) is 0 Å². The number of rotatable bonds is 2. The Hall–Kier alpha value is -1.31. The van der Waals surface area contributed by atoms with Crippen molar-refractivity contribution in [2.24, 2.45) is 0 Å². The van der Waals surface area contributed by atoms with Crippen molar-refractivity contribution in [2.75, 3.05) is 7.11 Å². The molecule has 0 unspecified atom stereocenters. The van der Waals surface area contributed by atoms with Crippen LogP contribution in [0.25, 0.3) is 5.83 Å². The lowest BCUT2D eigenvalue weighted by molar-refractivity contribution is 0.414. The zero-order valence-corrected chi connectivity index (χ0v) is 6.30. The molecule has 1 aromatic rings. The van der Waals surface area contributed by atoms with Crippen LogP contribution in [0, 0.1) is 0 Å². The van der Waals surface area contributed by atoms with Gasteiger partial charge in [0.05, 0.1) is 7.11 Å². The Labute approximate surface area is 65.1 Å². The smallest absolute Gasteiger partial charge is 0.123 e. The molecule has 0 N–H and O–H groups in total. The molecule has 0 amide bonds. The van der Waals surface area contributed by atoms with Crippen molar-refractivity contribution in [1.29, 1.82) is 0 Å². The molecular weight excluding hydrogens is 143 g/mol. The van der Waals surface area contributed by atoms with Crippen LogP contribution in [-0.4, -0.2) is 7.11 Å². The minimum Gasteiger partial charge on any atom is -0.497 e. The van der Waals surface area contributed by atoms with Crippen LogP contribution in [0.15, 0.2) is 30.8 Å². The van der Waals surface area contributed by atoms with Gasteiger partial charge in [0, 0.05) is 5.56 Å². The Morgan fingerprint density at radius 2 is 1.91 bits per heavy atom. The molecule has 0 aliphatic carbocycles. The van der Waals surface area contributed by atoms with E-state index in [1.807, 2.05) is 0 Å². The quantitative estimate of drug-likeness (QED) is 0.633. The zero-order chi connectivity index (χ0) is 8.27. The molecule has 11 heavy (non-hydrogen) atoms. The van der Waals surface area contributed by atoms with E-state index in [9.17, 15) is 4.39 Å². The van der Waals surface area contributed by atoms with Gasteiger partial charge in [0.1, 0.15) is 11.6 Å². The van der Waals surface area contributed by atoms with Gasteiger partial charge in [-0.15, -0.1) is 0 Å². The second-order valence-electron chi connectivity index (χ2n) is 2.13. The minimum absolute atomic E-state index is 0.423. The predicted molar refractivity (Wildman–Crippen MR) is 43.1 cm³/mol. The van der Waals surface area contributed by atoms with Crippen LogP contribution < -0.4 is 4.74 Å². The number of hydrogen-bond acceptors (Lipinski definition) is 1. The topological polar surface area (TPSA) is 9.23 Å². The van der Waals surface area contributed by atoms with Crippen molar-refractivity contribution in [2.45, 2.75) is 0 Å². The van der Waals surface area contributed by atoms with Crippen LogP contribution in [0.5, 0.6) is 5.75 Å². The second-order valence-corrected chi connectivity index (χ2v) is 2.13. The summed E-state index contributed by atoms with van der Waals surface area (Å²) >= 11 is 0. The van der Waals surface area contributed by atoms with Crippen LogP contribution in [0.1, 0.15) is 5.56 Å². The Balaban J connectivity index is 2.91. The summed E-state index contributed by atoms with van der Waals surface area (Å²) in [6.07, 6.45) is 0. The first-order chi connectivity index (χ1) is 5.24. The molecule has 1 rings (SSSR count). The van der Waals surface area contributed by atoms with Crippen molar-refractivity contribution in [1.82, 2.24) is 0 Å². The summed E-state index contributed by atoms with van der Waals surface area (Å²) in [5, 5.41) is 0. The third-order valence-corrected chi connectivity index (χ3v) is 1.40. The number of methoxy groups -OCH3 is 1. The fourth-order valence-corrected chi connectivity index (χ4v) is 0.772. The first-order valence-electron chi connectivity index (χ1n) is 3.23. The van der Waals surface area contributed by atoms with E-state index in [1.54, 1.807) is 31.4 Å². The molecule has 0 aliphatic heterocycles. The normalized spacial score (nSPS) is 9.27. The third kappa shape index (κ3) is 1.80. The lowest BCUT2D eigenvalue weighted by atomic mass is 10.2. The highest BCUT2D eigenvalue weighted by molar-refractivity contribution is 5.57. The van der Waals surface area contributed by atoms with Crippen LogP contribution in [0.2, 0.25) is 0 Å². The molecule has 0 bridgehead atoms. The number of hydrogen-bond donors (Lipinski definition) is 0. The third-order valence-electron chi connectivity index (χ3n) is 1.40. The molecule has 1 aromatic carbocycles. The van der Waals surface area contributed by atoms with Crippen molar-refractivity contribution >= 4 is 5.83 Å². The minimum atomic E-state index is -0.423. The molecule has 2 heteroatoms. The van der Waals surface area contributed by atoms with Gasteiger partial charge in [-0.05, 0) is 24.3 Å². The summed E-state index contributed by atoms with van der Waals surface area (Å²) < 4.78 is 17.3. The molecule has 0 saturated carbocycles. The molecule has 0 atom stereocenters. The Morgan fingerprint density at radius 1 is 1.36 bits per heavy atom. The molecule has 0 radical (unpaired) electrons. The molecule has 0 heterocycles. The number of halogens is 1. The second kappa shape index (κ2) is 3.19. The van der Waals surface area contributed by atoms with Crippen LogP contribution in [0.4, 0.5) is 4.39 Å². The van der Waals surface area contributed by atoms with Crippen LogP contribution in [0.3, 0.4) is 0 Å². The molecule has 0 fully saturated rings. The maximum absolute atomic E-state index is 12.4. The molecule has 0 aromatic heterocycles. The van der Waals surface area contributed by atoms with E-state index in [0.717, 1.165) is 5.75 Å². The first-order valence-corrected chi connectivity index (χ1v) is 3.23. The summed E-state index contributed by atoms with van der Waals surface area (Å²) in [6.45, 7) is 3.17. The maximum atomic E-state index is 12.4. The largest absolute Gasteiger partial charge is 0.497 e. The van der Waals surface area contributed by atoms with Gasteiger partial charge in [0.25, 0.3) is 0 Å². The van der Waals surface area contributed by atoms with Crippen molar-refractivity contribution in [3.63, 3.8) is 0 Å². The zero-order valence-electron chi connectivity index (χ0n) is 6.30. The van der Waals surface area contributed by atoms with Crippen molar-refractivity contribution in [3.8, 4) is 5.75 Å². The van der Waals surface area contributed by atoms with Gasteiger partial charge in [-0.1, -0.05) is 6.58 Å². The lowest BCUT2D eigenvalue weighted by Gasteiger charge is -1.99. The summed E-state index contributed by atoms with van der Waals surface area (Å²) in [7, 11) is 1.57. The van der Waals surface area contributed by atoms with E-state index in [4.69, 9.17) is 4.74 Å². The van der Waals surface area contributed by atoms with Gasteiger partial charge in [0.2, 0.25) is 0 Å². The predicted octanol–water partition coefficient (Wildman–Crippen LogP) is 2.64. The van der Waals surface area contributed by atoms with E-state index in [0.29, 0.717) is 5.56 Å². The highest BCUT2D eigenvalue weighted by atomic mass is 19.1. The van der Waals surface area contributed by atoms with E-state index in [1.165, 1.54) is 0 Å². The summed E-state index contributed by atoms with van der Waals surface area (Å²) in [6, 6.07) is 6.64. The SMILES string of the molecule is C=C(F)c1ccc(OC)cc1. The molecule has 0 spiro atoms. The molecule has 0 aliphatic rings. The average Bonchev–Trinajstić information content (AvgIpc) is 2.05. The summed E-state index contributed by atoms with van der Waals surface area (Å²) in [5.74, 6) is 0.294. The molecular formula is C9H9FO. The molecule has 58 valence electrons. The van der Waals surface area contributed by atoms with Crippen LogP contribution in [-0.2, 0) is 0 Å². The monoisotopic (exact) mass is 152 g/mol. The molecule has 1 nitrogen and oxygen atoms in total. The van der Waals surface area contributed by atoms with Crippen molar-refractivity contribution in [3.05, 3.63) is 36.4 Å². The number of ether oxygens (including phenoxy) is 1. The number of benzene rings is 1. The van der Waals surface area contributed by atoms with Crippen LogP contribution >= 0.6 is 0 Å². The summed E-state index contributed by atoms with van der Waals surface area (Å²) in [5.41, 5.74) is 0.491. The van der Waals surface area contributed by atoms with Gasteiger partial charge >= 0.3 is 0 Å². The van der Waals surface area contributed by atoms with Gasteiger partial charge in [0.15, 0.2) is 0 Å². The van der Waals surface area contributed by atoms with E-state index >= 15 is 0 Å². The van der Waals surface area contributed by atoms with E-state index in [2.05, 4.69) is 6.58 Å². The van der Waals surface area contributed by atoms with Gasteiger partial charge < -0.3 is 4.74 Å². The standard InChI is InChI=1S/C9H9FO/c1-7(10)8-3-5-9(11-2)6-4-8/h3-6H,1H2,2H3. The fraction of sp³-hybridized carbons (Fsp3) is 0.111. The Kier molecular flexibility index (Phi) is 2.26. The fourth-order valence-electron chi connectivity index (χ4n) is 0.772. The van der Waals surface area contributed by atoms with Crippen molar-refractivity contribution < 1.29 is 9.13 Å². The summed E-state index contributed by atoms with van der Waals surface area (Å²) in [4.78, 5) is 0. The Morgan fingerprint density at radius 3 is 2.27 bits per heavy atom.